The third-order valence-electron chi connectivity index (χ3n) is 4.31. The Kier molecular flexibility index (Phi) is 5.68. The average Bonchev–Trinajstić information content (AvgIpc) is 3.01. The van der Waals surface area contributed by atoms with Gasteiger partial charge in [-0.25, -0.2) is 4.98 Å². The van der Waals surface area contributed by atoms with Gasteiger partial charge in [-0.2, -0.15) is 5.10 Å². The van der Waals surface area contributed by atoms with E-state index in [2.05, 4.69) is 30.4 Å². The number of hydrogen-bond acceptors (Lipinski definition) is 2. The van der Waals surface area contributed by atoms with Crippen molar-refractivity contribution < 1.29 is 0 Å². The number of halogens is 1. The van der Waals surface area contributed by atoms with E-state index >= 15 is 0 Å². The third kappa shape index (κ3) is 3.25. The molecule has 0 aliphatic carbocycles. The predicted octanol–water partition coefficient (Wildman–Crippen LogP) is 4.29. The lowest BCUT2D eigenvalue weighted by Crippen LogP contribution is -2.14. The Labute approximate surface area is 132 Å². The maximum Gasteiger partial charge on any atom is 0.158 e. The zero-order valence-electron chi connectivity index (χ0n) is 13.7. The van der Waals surface area contributed by atoms with E-state index in [9.17, 15) is 0 Å². The van der Waals surface area contributed by atoms with Crippen LogP contribution in [-0.2, 0) is 25.9 Å². The Morgan fingerprint density at radius 2 is 2.00 bits per heavy atom. The lowest BCUT2D eigenvalue weighted by molar-refractivity contribution is 0.388. The van der Waals surface area contributed by atoms with Crippen molar-refractivity contribution in [3.63, 3.8) is 0 Å². The maximum absolute atomic E-state index is 6.13. The number of imidazole rings is 1. The number of hydrogen-bond donors (Lipinski definition) is 0. The van der Waals surface area contributed by atoms with E-state index in [0.29, 0.717) is 11.8 Å². The van der Waals surface area contributed by atoms with Gasteiger partial charge in [-0.3, -0.25) is 4.68 Å². The second-order valence-corrected chi connectivity index (χ2v) is 6.05. The fourth-order valence-corrected chi connectivity index (χ4v) is 3.20. The topological polar surface area (TPSA) is 35.6 Å². The quantitative estimate of drug-likeness (QED) is 0.682. The van der Waals surface area contributed by atoms with Gasteiger partial charge in [0.25, 0.3) is 0 Å². The number of aromatic nitrogens is 4. The Morgan fingerprint density at radius 3 is 2.57 bits per heavy atom. The first-order valence-corrected chi connectivity index (χ1v) is 8.66. The summed E-state index contributed by atoms with van der Waals surface area (Å²) in [5.41, 5.74) is 3.22. The van der Waals surface area contributed by atoms with Gasteiger partial charge in [0, 0.05) is 13.6 Å². The first-order chi connectivity index (χ1) is 10.2. The second kappa shape index (κ2) is 7.30. The van der Waals surface area contributed by atoms with Crippen molar-refractivity contribution in [2.24, 2.45) is 13.0 Å². The summed E-state index contributed by atoms with van der Waals surface area (Å²) in [7, 11) is 2.00. The van der Waals surface area contributed by atoms with Gasteiger partial charge in [-0.15, -0.1) is 11.6 Å². The number of fused-ring (bicyclic) bond motifs is 1. The van der Waals surface area contributed by atoms with Crippen LogP contribution in [0.15, 0.2) is 0 Å². The summed E-state index contributed by atoms with van der Waals surface area (Å²) >= 11 is 6.13. The highest BCUT2D eigenvalue weighted by atomic mass is 35.5. The highest BCUT2D eigenvalue weighted by molar-refractivity contribution is 6.16. The van der Waals surface area contributed by atoms with E-state index in [1.54, 1.807) is 0 Å². The van der Waals surface area contributed by atoms with E-state index in [-0.39, 0.29) is 0 Å². The summed E-state index contributed by atoms with van der Waals surface area (Å²) < 4.78 is 4.25. The molecule has 0 N–H and O–H groups in total. The van der Waals surface area contributed by atoms with Crippen LogP contribution in [0.5, 0.6) is 0 Å². The largest absolute Gasteiger partial charge is 0.312 e. The van der Waals surface area contributed by atoms with Crippen LogP contribution >= 0.6 is 11.6 Å². The summed E-state index contributed by atoms with van der Waals surface area (Å²) in [6, 6.07) is 0. The Balaban J connectivity index is 2.38. The van der Waals surface area contributed by atoms with E-state index < -0.39 is 0 Å². The van der Waals surface area contributed by atoms with Gasteiger partial charge in [0.15, 0.2) is 5.65 Å². The number of nitrogens with zero attached hydrogens (tertiary/aromatic N) is 4. The van der Waals surface area contributed by atoms with Crippen molar-refractivity contribution in [2.75, 3.05) is 0 Å². The van der Waals surface area contributed by atoms with Crippen LogP contribution in [0.3, 0.4) is 0 Å². The van der Waals surface area contributed by atoms with Crippen LogP contribution in [0, 0.1) is 5.92 Å². The molecule has 0 spiro atoms. The minimum atomic E-state index is 0.460. The van der Waals surface area contributed by atoms with E-state index in [1.165, 1.54) is 25.7 Å². The third-order valence-corrected chi connectivity index (χ3v) is 4.55. The fourth-order valence-electron chi connectivity index (χ4n) is 2.99. The normalized spacial score (nSPS) is 13.2. The molecular weight excluding hydrogens is 284 g/mol. The van der Waals surface area contributed by atoms with Gasteiger partial charge in [0.2, 0.25) is 0 Å². The fraction of sp³-hybridized carbons (Fsp3) is 0.750. The van der Waals surface area contributed by atoms with Crippen molar-refractivity contribution in [3.05, 3.63) is 11.5 Å². The zero-order valence-corrected chi connectivity index (χ0v) is 14.4. The van der Waals surface area contributed by atoms with Gasteiger partial charge in [-0.1, -0.05) is 40.0 Å². The van der Waals surface area contributed by atoms with E-state index in [0.717, 1.165) is 35.6 Å². The van der Waals surface area contributed by atoms with Crippen LogP contribution < -0.4 is 0 Å². The molecule has 0 aliphatic heterocycles. The molecule has 0 saturated carbocycles. The van der Waals surface area contributed by atoms with Crippen molar-refractivity contribution in [2.45, 2.75) is 65.3 Å². The molecule has 4 nitrogen and oxygen atoms in total. The summed E-state index contributed by atoms with van der Waals surface area (Å²) in [4.78, 5) is 4.74. The van der Waals surface area contributed by atoms with E-state index in [4.69, 9.17) is 16.6 Å². The minimum Gasteiger partial charge on any atom is -0.312 e. The molecular formula is C16H27ClN4. The minimum absolute atomic E-state index is 0.460. The van der Waals surface area contributed by atoms with Crippen molar-refractivity contribution >= 4 is 22.8 Å². The molecule has 5 heteroatoms. The summed E-state index contributed by atoms with van der Waals surface area (Å²) in [5, 5.41) is 4.59. The van der Waals surface area contributed by atoms with Crippen LogP contribution in [-0.4, -0.2) is 19.3 Å². The Bertz CT molecular complexity index is 585. The highest BCUT2D eigenvalue weighted by Gasteiger charge is 2.19. The van der Waals surface area contributed by atoms with Gasteiger partial charge in [-0.05, 0) is 18.8 Å². The average molecular weight is 311 g/mol. The molecule has 2 aromatic rings. The molecule has 118 valence electrons. The monoisotopic (exact) mass is 310 g/mol. The Morgan fingerprint density at radius 1 is 1.24 bits per heavy atom. The molecule has 0 saturated heterocycles. The molecule has 1 atom stereocenters. The van der Waals surface area contributed by atoms with Crippen LogP contribution in [0.25, 0.3) is 11.2 Å². The van der Waals surface area contributed by atoms with Crippen LogP contribution in [0.1, 0.15) is 58.0 Å². The molecule has 2 rings (SSSR count). The molecule has 0 fully saturated rings. The molecule has 0 bridgehead atoms. The van der Waals surface area contributed by atoms with Gasteiger partial charge < -0.3 is 4.57 Å². The Hall–Kier alpha value is -1.03. The molecule has 21 heavy (non-hydrogen) atoms. The van der Waals surface area contributed by atoms with Gasteiger partial charge in [0.1, 0.15) is 11.3 Å². The number of alkyl halides is 1. The molecule has 0 aliphatic rings. The van der Waals surface area contributed by atoms with Crippen LogP contribution in [0.2, 0.25) is 0 Å². The first kappa shape index (κ1) is 16.3. The lowest BCUT2D eigenvalue weighted by atomic mass is 9.99. The lowest BCUT2D eigenvalue weighted by Gasteiger charge is -2.17. The zero-order chi connectivity index (χ0) is 15.4. The SMILES string of the molecule is CCCCC(CC)Cn1c(CCl)nc2c(CC)nn(C)c21. The summed E-state index contributed by atoms with van der Waals surface area (Å²) in [6.07, 6.45) is 5.91. The molecule has 0 aromatic carbocycles. The van der Waals surface area contributed by atoms with Crippen molar-refractivity contribution in [1.29, 1.82) is 0 Å². The predicted molar refractivity (Wildman–Crippen MR) is 88.7 cm³/mol. The summed E-state index contributed by atoms with van der Waals surface area (Å²) in [6.45, 7) is 7.64. The molecule has 2 aromatic heterocycles. The smallest absolute Gasteiger partial charge is 0.158 e. The molecule has 1 unspecified atom stereocenters. The number of rotatable bonds is 8. The molecule has 0 amide bonds. The van der Waals surface area contributed by atoms with Crippen LogP contribution in [0.4, 0.5) is 0 Å². The molecule has 0 radical (unpaired) electrons. The first-order valence-electron chi connectivity index (χ1n) is 8.13. The molecule has 2 heterocycles. The number of aryl methyl sites for hydroxylation is 2. The van der Waals surface area contributed by atoms with Gasteiger partial charge >= 0.3 is 0 Å². The highest BCUT2D eigenvalue weighted by Crippen LogP contribution is 2.24. The standard InChI is InChI=1S/C16H27ClN4/c1-5-8-9-12(6-2)11-21-14(10-17)18-15-13(7-3)19-20(4)16(15)21/h12H,5-11H2,1-4H3. The van der Waals surface area contributed by atoms with Gasteiger partial charge in [0.05, 0.1) is 11.6 Å². The summed E-state index contributed by atoms with van der Waals surface area (Å²) in [5.74, 6) is 2.12. The maximum atomic E-state index is 6.13. The second-order valence-electron chi connectivity index (χ2n) is 5.78. The number of unbranched alkanes of at least 4 members (excludes halogenated alkanes) is 1. The van der Waals surface area contributed by atoms with Crippen molar-refractivity contribution in [3.8, 4) is 0 Å². The van der Waals surface area contributed by atoms with Crippen molar-refractivity contribution in [1.82, 2.24) is 19.3 Å². The van der Waals surface area contributed by atoms with E-state index in [1.807, 2.05) is 11.7 Å².